The lowest BCUT2D eigenvalue weighted by Gasteiger charge is -2.22. The van der Waals surface area contributed by atoms with Crippen molar-refractivity contribution >= 4 is 5.91 Å². The highest BCUT2D eigenvalue weighted by atomic mass is 19.4. The lowest BCUT2D eigenvalue weighted by atomic mass is 10.1. The maximum Gasteiger partial charge on any atom is 0.415 e. The van der Waals surface area contributed by atoms with Crippen molar-refractivity contribution in [3.05, 3.63) is 35.9 Å². The molecule has 7 heteroatoms. The fraction of sp³-hybridized carbons (Fsp3) is 0.500. The first-order valence-corrected chi connectivity index (χ1v) is 6.47. The maximum absolute atomic E-state index is 12.2. The fourth-order valence-corrected chi connectivity index (χ4v) is 1.82. The summed E-state index contributed by atoms with van der Waals surface area (Å²) in [5.41, 5.74) is 0.906. The van der Waals surface area contributed by atoms with E-state index in [1.54, 1.807) is 6.92 Å². The average Bonchev–Trinajstić information content (AvgIpc) is 2.38. The molecule has 2 N–H and O–H groups in total. The van der Waals surface area contributed by atoms with E-state index in [-0.39, 0.29) is 12.6 Å². The van der Waals surface area contributed by atoms with Crippen molar-refractivity contribution in [2.24, 2.45) is 0 Å². The molecule has 0 bridgehead atoms. The maximum atomic E-state index is 12.2. The lowest BCUT2D eigenvalue weighted by molar-refractivity contribution is -0.207. The van der Waals surface area contributed by atoms with Crippen LogP contribution in [-0.2, 0) is 4.79 Å². The number of likely N-dealkylation sites (N-methyl/N-ethyl adjacent to an activating group) is 1. The predicted molar refractivity (Wildman–Crippen MR) is 72.6 cm³/mol. The lowest BCUT2D eigenvalue weighted by Crippen LogP contribution is -2.43. The molecule has 0 saturated heterocycles. The van der Waals surface area contributed by atoms with Crippen LogP contribution in [0.15, 0.2) is 30.3 Å². The third kappa shape index (κ3) is 6.14. The summed E-state index contributed by atoms with van der Waals surface area (Å²) in [7, 11) is 1.35. The Morgan fingerprint density at radius 1 is 1.33 bits per heavy atom. The third-order valence-electron chi connectivity index (χ3n) is 2.95. The molecule has 0 radical (unpaired) electrons. The van der Waals surface area contributed by atoms with Crippen molar-refractivity contribution in [1.29, 1.82) is 0 Å². The van der Waals surface area contributed by atoms with Crippen LogP contribution in [0.5, 0.6) is 0 Å². The summed E-state index contributed by atoms with van der Waals surface area (Å²) in [6, 6.07) is 8.99. The second-order valence-corrected chi connectivity index (χ2v) is 4.95. The van der Waals surface area contributed by atoms with Crippen molar-refractivity contribution in [3.8, 4) is 0 Å². The first kappa shape index (κ1) is 17.5. The van der Waals surface area contributed by atoms with E-state index in [0.29, 0.717) is 0 Å². The molecular formula is C14H19F3N2O2. The van der Waals surface area contributed by atoms with E-state index in [1.165, 1.54) is 7.05 Å². The van der Waals surface area contributed by atoms with Crippen LogP contribution in [0.25, 0.3) is 0 Å². The van der Waals surface area contributed by atoms with Crippen LogP contribution in [0, 0.1) is 0 Å². The summed E-state index contributed by atoms with van der Waals surface area (Å²) >= 11 is 0. The highest BCUT2D eigenvalue weighted by Gasteiger charge is 2.38. The van der Waals surface area contributed by atoms with Crippen molar-refractivity contribution in [2.45, 2.75) is 25.2 Å². The van der Waals surface area contributed by atoms with E-state index in [9.17, 15) is 18.0 Å². The molecule has 1 aromatic rings. The number of aliphatic hydroxyl groups is 1. The molecule has 0 heterocycles. The Morgan fingerprint density at radius 2 is 1.90 bits per heavy atom. The molecule has 21 heavy (non-hydrogen) atoms. The van der Waals surface area contributed by atoms with Gasteiger partial charge in [0.05, 0.1) is 12.6 Å². The molecule has 0 aromatic heterocycles. The number of nitrogens with zero attached hydrogens (tertiary/aromatic N) is 1. The van der Waals surface area contributed by atoms with Crippen molar-refractivity contribution in [2.75, 3.05) is 20.1 Å². The number of benzene rings is 1. The van der Waals surface area contributed by atoms with Gasteiger partial charge in [-0.25, -0.2) is 0 Å². The minimum atomic E-state index is -4.68. The van der Waals surface area contributed by atoms with E-state index >= 15 is 0 Å². The van der Waals surface area contributed by atoms with Gasteiger partial charge in [-0.1, -0.05) is 30.3 Å². The minimum absolute atomic E-state index is 0.218. The number of amides is 1. The van der Waals surface area contributed by atoms with Crippen molar-refractivity contribution in [3.63, 3.8) is 0 Å². The zero-order chi connectivity index (χ0) is 16.0. The van der Waals surface area contributed by atoms with Crippen LogP contribution in [0.2, 0.25) is 0 Å². The van der Waals surface area contributed by atoms with Gasteiger partial charge in [-0.2, -0.15) is 13.2 Å². The molecule has 0 aliphatic heterocycles. The van der Waals surface area contributed by atoms with Gasteiger partial charge in [-0.15, -0.1) is 0 Å². The summed E-state index contributed by atoms with van der Waals surface area (Å²) in [6.45, 7) is 0.929. The first-order valence-electron chi connectivity index (χ1n) is 6.47. The molecular weight excluding hydrogens is 285 g/mol. The Labute approximate surface area is 121 Å². The highest BCUT2D eigenvalue weighted by molar-refractivity contribution is 5.78. The van der Waals surface area contributed by atoms with Gasteiger partial charge in [0.1, 0.15) is 0 Å². The Kier molecular flexibility index (Phi) is 6.17. The van der Waals surface area contributed by atoms with Crippen LogP contribution in [0.4, 0.5) is 13.2 Å². The van der Waals surface area contributed by atoms with Crippen molar-refractivity contribution < 1.29 is 23.1 Å². The quantitative estimate of drug-likeness (QED) is 0.841. The van der Waals surface area contributed by atoms with Crippen LogP contribution in [0.1, 0.15) is 18.5 Å². The number of rotatable bonds is 6. The number of aliphatic hydroxyl groups excluding tert-OH is 1. The van der Waals surface area contributed by atoms with Gasteiger partial charge >= 0.3 is 6.18 Å². The van der Waals surface area contributed by atoms with Gasteiger partial charge in [0.25, 0.3) is 0 Å². The molecule has 0 aliphatic carbocycles. The Balaban J connectivity index is 2.43. The Hall–Kier alpha value is -1.60. The average molecular weight is 304 g/mol. The van der Waals surface area contributed by atoms with Gasteiger partial charge in [-0.05, 0) is 19.5 Å². The molecule has 1 aromatic carbocycles. The largest absolute Gasteiger partial charge is 0.415 e. The van der Waals surface area contributed by atoms with Gasteiger partial charge in [0.2, 0.25) is 5.91 Å². The molecule has 0 spiro atoms. The van der Waals surface area contributed by atoms with Gasteiger partial charge in [0.15, 0.2) is 6.10 Å². The fourth-order valence-electron chi connectivity index (χ4n) is 1.82. The van der Waals surface area contributed by atoms with Gasteiger partial charge in [0, 0.05) is 6.54 Å². The number of halogens is 3. The van der Waals surface area contributed by atoms with E-state index in [1.807, 2.05) is 30.3 Å². The van der Waals surface area contributed by atoms with Gasteiger partial charge < -0.3 is 10.4 Å². The molecule has 0 aliphatic rings. The second-order valence-electron chi connectivity index (χ2n) is 4.95. The Morgan fingerprint density at radius 3 is 2.43 bits per heavy atom. The SMILES string of the molecule is CC(NC(=O)CN(C)CC(O)C(F)(F)F)c1ccccc1. The summed E-state index contributed by atoms with van der Waals surface area (Å²) in [6.07, 6.45) is -7.14. The Bertz CT molecular complexity index is 451. The van der Waals surface area contributed by atoms with E-state index in [0.717, 1.165) is 10.5 Å². The zero-order valence-corrected chi connectivity index (χ0v) is 11.9. The monoisotopic (exact) mass is 304 g/mol. The number of hydrogen-bond donors (Lipinski definition) is 2. The van der Waals surface area contributed by atoms with Gasteiger partial charge in [-0.3, -0.25) is 9.69 Å². The van der Waals surface area contributed by atoms with E-state index in [2.05, 4.69) is 5.32 Å². The summed E-state index contributed by atoms with van der Waals surface area (Å²) in [5.74, 6) is -0.400. The molecule has 0 saturated carbocycles. The van der Waals surface area contributed by atoms with Crippen molar-refractivity contribution in [1.82, 2.24) is 10.2 Å². The number of carbonyl (C=O) groups excluding carboxylic acids is 1. The molecule has 0 fully saturated rings. The summed E-state index contributed by atoms with van der Waals surface area (Å²) in [4.78, 5) is 12.9. The van der Waals surface area contributed by atoms with Crippen LogP contribution in [0.3, 0.4) is 0 Å². The van der Waals surface area contributed by atoms with E-state index in [4.69, 9.17) is 5.11 Å². The van der Waals surface area contributed by atoms with Crippen LogP contribution < -0.4 is 5.32 Å². The standard InChI is InChI=1S/C14H19F3N2O2/c1-10(11-6-4-3-5-7-11)18-13(21)9-19(2)8-12(20)14(15,16)17/h3-7,10,12,20H,8-9H2,1-2H3,(H,18,21). The topological polar surface area (TPSA) is 52.6 Å². The van der Waals surface area contributed by atoms with Crippen LogP contribution in [-0.4, -0.2) is 48.3 Å². The zero-order valence-electron chi connectivity index (χ0n) is 11.9. The second kappa shape index (κ2) is 7.42. The third-order valence-corrected chi connectivity index (χ3v) is 2.95. The molecule has 2 unspecified atom stereocenters. The number of hydrogen-bond acceptors (Lipinski definition) is 3. The summed E-state index contributed by atoms with van der Waals surface area (Å²) in [5, 5.41) is 11.6. The molecule has 4 nitrogen and oxygen atoms in total. The molecule has 1 rings (SSSR count). The predicted octanol–water partition coefficient (Wildman–Crippen LogP) is 1.72. The smallest absolute Gasteiger partial charge is 0.382 e. The van der Waals surface area contributed by atoms with E-state index < -0.39 is 24.7 Å². The molecule has 118 valence electrons. The highest BCUT2D eigenvalue weighted by Crippen LogP contribution is 2.20. The molecule has 2 atom stereocenters. The normalized spacial score (nSPS) is 14.8. The van der Waals surface area contributed by atoms with Crippen LogP contribution >= 0.6 is 0 Å². The minimum Gasteiger partial charge on any atom is -0.382 e. The molecule has 1 amide bonds. The number of carbonyl (C=O) groups is 1. The number of nitrogens with one attached hydrogen (secondary N) is 1. The summed E-state index contributed by atoms with van der Waals surface area (Å²) < 4.78 is 36.6. The first-order chi connectivity index (χ1) is 9.70. The number of alkyl halides is 3.